The molecule has 0 unspecified atom stereocenters. The number of esters is 1. The summed E-state index contributed by atoms with van der Waals surface area (Å²) in [6.07, 6.45) is 1.77. The van der Waals surface area contributed by atoms with E-state index in [-0.39, 0.29) is 17.2 Å². The van der Waals surface area contributed by atoms with Gasteiger partial charge in [-0.05, 0) is 24.6 Å². The zero-order valence-electron chi connectivity index (χ0n) is 15.4. The lowest BCUT2D eigenvalue weighted by Gasteiger charge is -2.08. The smallest absolute Gasteiger partial charge is 0.338 e. The monoisotopic (exact) mass is 419 g/mol. The first-order valence-electron chi connectivity index (χ1n) is 8.96. The van der Waals surface area contributed by atoms with Crippen molar-refractivity contribution >= 4 is 41.1 Å². The maximum Gasteiger partial charge on any atom is 0.338 e. The van der Waals surface area contributed by atoms with Gasteiger partial charge in [0.15, 0.2) is 5.16 Å². The summed E-state index contributed by atoms with van der Waals surface area (Å²) < 4.78 is 5.18. The molecule has 2 N–H and O–H groups in total. The Morgan fingerprint density at radius 2 is 2.21 bits per heavy atom. The van der Waals surface area contributed by atoms with Gasteiger partial charge in [-0.1, -0.05) is 31.2 Å². The minimum absolute atomic E-state index is 0.0973. The average Bonchev–Trinajstić information content (AvgIpc) is 3.16. The number of hydrogen-bond donors (Lipinski definition) is 2. The fraction of sp³-hybridized carbons (Fsp3) is 0.368. The number of aromatic amines is 1. The van der Waals surface area contributed by atoms with E-state index in [0.717, 1.165) is 29.9 Å². The first kappa shape index (κ1) is 20.5. The van der Waals surface area contributed by atoms with Crippen molar-refractivity contribution in [2.45, 2.75) is 36.4 Å². The lowest BCUT2D eigenvalue weighted by Crippen LogP contribution is -2.17. The topological polar surface area (TPSA) is 101 Å². The second-order valence-corrected chi connectivity index (χ2v) is 8.15. The van der Waals surface area contributed by atoms with Crippen molar-refractivity contribution in [3.63, 3.8) is 0 Å². The van der Waals surface area contributed by atoms with Crippen LogP contribution in [0.2, 0.25) is 0 Å². The predicted octanol–water partition coefficient (Wildman–Crippen LogP) is 3.20. The van der Waals surface area contributed by atoms with E-state index in [0.29, 0.717) is 28.8 Å². The molecule has 2 heterocycles. The van der Waals surface area contributed by atoms with Crippen LogP contribution in [-0.4, -0.2) is 34.2 Å². The number of carbonyl (C=O) groups excluding carboxylic acids is 2. The molecule has 0 atom stereocenters. The fourth-order valence-electron chi connectivity index (χ4n) is 2.56. The van der Waals surface area contributed by atoms with Crippen molar-refractivity contribution in [1.82, 2.24) is 9.97 Å². The third-order valence-electron chi connectivity index (χ3n) is 4.02. The van der Waals surface area contributed by atoms with Gasteiger partial charge in [0.2, 0.25) is 5.91 Å². The number of nitrogens with zero attached hydrogens (tertiary/aromatic N) is 1. The molecule has 0 saturated heterocycles. The van der Waals surface area contributed by atoms with Crippen molar-refractivity contribution in [1.29, 1.82) is 0 Å². The summed E-state index contributed by atoms with van der Waals surface area (Å²) in [5.41, 5.74) is 2.30. The molecule has 28 heavy (non-hydrogen) atoms. The second kappa shape index (κ2) is 9.79. The number of hydrogen-bond acceptors (Lipinski definition) is 7. The predicted molar refractivity (Wildman–Crippen MR) is 111 cm³/mol. The van der Waals surface area contributed by atoms with E-state index in [2.05, 4.69) is 15.3 Å². The number of benzene rings is 1. The lowest BCUT2D eigenvalue weighted by molar-refractivity contribution is -0.113. The van der Waals surface area contributed by atoms with Crippen molar-refractivity contribution in [3.05, 3.63) is 51.4 Å². The molecule has 148 valence electrons. The molecule has 0 fully saturated rings. The van der Waals surface area contributed by atoms with Gasteiger partial charge in [-0.25, -0.2) is 9.78 Å². The van der Waals surface area contributed by atoms with E-state index in [1.807, 2.05) is 6.92 Å². The lowest BCUT2D eigenvalue weighted by atomic mass is 10.2. The van der Waals surface area contributed by atoms with Crippen LogP contribution in [0.1, 0.15) is 41.4 Å². The Morgan fingerprint density at radius 3 is 3.04 bits per heavy atom. The third-order valence-corrected chi connectivity index (χ3v) is 5.86. The summed E-state index contributed by atoms with van der Waals surface area (Å²) in [4.78, 5) is 43.4. The van der Waals surface area contributed by atoms with E-state index >= 15 is 0 Å². The van der Waals surface area contributed by atoms with Crippen molar-refractivity contribution in [2.75, 3.05) is 17.7 Å². The van der Waals surface area contributed by atoms with Crippen molar-refractivity contribution in [3.8, 4) is 0 Å². The molecule has 1 amide bonds. The molecule has 0 saturated carbocycles. The highest BCUT2D eigenvalue weighted by Gasteiger charge is 2.18. The number of thioether (sulfide) groups is 2. The minimum atomic E-state index is -0.406. The molecule has 0 spiro atoms. The van der Waals surface area contributed by atoms with Crippen molar-refractivity contribution in [2.24, 2.45) is 0 Å². The Morgan fingerprint density at radius 1 is 1.36 bits per heavy atom. The molecule has 1 aliphatic rings. The highest BCUT2D eigenvalue weighted by atomic mass is 32.2. The van der Waals surface area contributed by atoms with Gasteiger partial charge in [-0.2, -0.15) is 11.8 Å². The maximum absolute atomic E-state index is 12.2. The largest absolute Gasteiger partial charge is 0.462 e. The number of nitrogens with one attached hydrogen (secondary N) is 2. The number of H-pyrrole nitrogens is 1. The molecule has 1 aromatic carbocycles. The molecule has 3 rings (SSSR count). The zero-order valence-corrected chi connectivity index (χ0v) is 17.1. The van der Waals surface area contributed by atoms with Crippen LogP contribution in [0.4, 0.5) is 5.69 Å². The van der Waals surface area contributed by atoms with Crippen LogP contribution >= 0.6 is 23.5 Å². The van der Waals surface area contributed by atoms with Crippen LogP contribution in [0.25, 0.3) is 0 Å². The second-order valence-electron chi connectivity index (χ2n) is 6.20. The molecule has 9 heteroatoms. The van der Waals surface area contributed by atoms with Crippen LogP contribution in [-0.2, 0) is 21.0 Å². The van der Waals surface area contributed by atoms with Crippen LogP contribution in [0, 0.1) is 0 Å². The van der Waals surface area contributed by atoms with Gasteiger partial charge >= 0.3 is 5.97 Å². The number of anilines is 1. The molecule has 0 radical (unpaired) electrons. The van der Waals surface area contributed by atoms with E-state index < -0.39 is 5.97 Å². The van der Waals surface area contributed by atoms with Crippen LogP contribution < -0.4 is 10.9 Å². The van der Waals surface area contributed by atoms with Gasteiger partial charge in [-0.3, -0.25) is 9.59 Å². The Hall–Kier alpha value is -2.26. The summed E-state index contributed by atoms with van der Waals surface area (Å²) in [6, 6.07) is 6.63. The Kier molecular flexibility index (Phi) is 7.16. The highest BCUT2D eigenvalue weighted by molar-refractivity contribution is 7.99. The molecular weight excluding hydrogens is 398 g/mol. The number of unbranched alkanes of at least 4 members (excludes halogenated alkanes) is 1. The molecule has 7 nitrogen and oxygen atoms in total. The number of aromatic nitrogens is 2. The number of amides is 1. The number of rotatable bonds is 8. The summed E-state index contributed by atoms with van der Waals surface area (Å²) in [6.45, 7) is 2.40. The molecule has 0 bridgehead atoms. The SMILES string of the molecule is CCCCOC(=O)c1cccc(NC(=O)CSc2nc3c(c(=O)[nH]2)CSC3)c1. The average molecular weight is 420 g/mol. The molecule has 1 aromatic heterocycles. The van der Waals surface area contributed by atoms with Gasteiger partial charge in [0.25, 0.3) is 5.56 Å². The van der Waals surface area contributed by atoms with Crippen LogP contribution in [0.3, 0.4) is 0 Å². The van der Waals surface area contributed by atoms with Gasteiger partial charge < -0.3 is 15.0 Å². The van der Waals surface area contributed by atoms with E-state index in [4.69, 9.17) is 4.74 Å². The summed E-state index contributed by atoms with van der Waals surface area (Å²) in [7, 11) is 0. The van der Waals surface area contributed by atoms with Gasteiger partial charge in [0.05, 0.1) is 23.6 Å². The number of ether oxygens (including phenoxy) is 1. The Bertz CT molecular complexity index is 930. The number of carbonyl (C=O) groups is 2. The van der Waals surface area contributed by atoms with E-state index in [9.17, 15) is 14.4 Å². The van der Waals surface area contributed by atoms with E-state index in [1.165, 1.54) is 11.8 Å². The van der Waals surface area contributed by atoms with Crippen LogP contribution in [0.15, 0.2) is 34.2 Å². The molecular formula is C19H21N3O4S2. The summed E-state index contributed by atoms with van der Waals surface area (Å²) in [5, 5.41) is 3.19. The number of fused-ring (bicyclic) bond motifs is 1. The standard InChI is InChI=1S/C19H21N3O4S2/c1-2-3-7-26-18(25)12-5-4-6-13(8-12)20-16(23)11-28-19-21-15-10-27-9-14(15)17(24)22-19/h4-6,8H,2-3,7,9-11H2,1H3,(H,20,23)(H,21,22,24). The minimum Gasteiger partial charge on any atom is -0.462 e. The van der Waals surface area contributed by atoms with E-state index in [1.54, 1.807) is 36.0 Å². The molecule has 0 aliphatic carbocycles. The first-order chi connectivity index (χ1) is 13.6. The third kappa shape index (κ3) is 5.39. The quantitative estimate of drug-likeness (QED) is 0.293. The van der Waals surface area contributed by atoms with Gasteiger partial charge in [0.1, 0.15) is 0 Å². The Balaban J connectivity index is 1.55. The molecule has 1 aliphatic heterocycles. The summed E-state index contributed by atoms with van der Waals surface area (Å²) >= 11 is 2.83. The molecule has 2 aromatic rings. The van der Waals surface area contributed by atoms with Crippen LogP contribution in [0.5, 0.6) is 0 Å². The van der Waals surface area contributed by atoms with Crippen molar-refractivity contribution < 1.29 is 14.3 Å². The fourth-order valence-corrected chi connectivity index (χ4v) is 4.27. The van der Waals surface area contributed by atoms with Gasteiger partial charge in [0, 0.05) is 22.8 Å². The zero-order chi connectivity index (χ0) is 19.9. The Labute approximate surface area is 171 Å². The highest BCUT2D eigenvalue weighted by Crippen LogP contribution is 2.26. The first-order valence-corrected chi connectivity index (χ1v) is 11.1. The van der Waals surface area contributed by atoms with Gasteiger partial charge in [-0.15, -0.1) is 0 Å². The normalized spacial score (nSPS) is 12.5. The summed E-state index contributed by atoms with van der Waals surface area (Å²) in [5.74, 6) is 0.844. The maximum atomic E-state index is 12.2.